The van der Waals surface area contributed by atoms with Crippen molar-refractivity contribution in [3.8, 4) is 0 Å². The fraction of sp³-hybridized carbons (Fsp3) is 0.923. The van der Waals surface area contributed by atoms with Gasteiger partial charge in [-0.05, 0) is 33.6 Å². The number of carbonyl (C=O) groups excluding carboxylic acids is 1. The Morgan fingerprint density at radius 2 is 2.22 bits per heavy atom. The van der Waals surface area contributed by atoms with Crippen LogP contribution < -0.4 is 5.32 Å². The number of nitrogens with zero attached hydrogens (tertiary/aromatic N) is 1. The summed E-state index contributed by atoms with van der Waals surface area (Å²) in [7, 11) is 0. The lowest BCUT2D eigenvalue weighted by Gasteiger charge is -2.35. The van der Waals surface area contributed by atoms with Crippen molar-refractivity contribution in [3.63, 3.8) is 0 Å². The standard InChI is InChI=1S/C13H24N2O3/c1-13(2,3)18-12(16)15-7-4-5-11(15)10-9-17-8-6-14-10/h10-11,14H,4-9H2,1-3H3. The third kappa shape index (κ3) is 3.36. The van der Waals surface area contributed by atoms with Gasteiger partial charge in [-0.2, -0.15) is 0 Å². The first-order valence-electron chi connectivity index (χ1n) is 6.78. The van der Waals surface area contributed by atoms with Crippen LogP contribution >= 0.6 is 0 Å². The van der Waals surface area contributed by atoms with Gasteiger partial charge in [0, 0.05) is 13.1 Å². The van der Waals surface area contributed by atoms with Crippen LogP contribution in [0.25, 0.3) is 0 Å². The minimum absolute atomic E-state index is 0.197. The number of hydrogen-bond acceptors (Lipinski definition) is 4. The van der Waals surface area contributed by atoms with Crippen molar-refractivity contribution < 1.29 is 14.3 Å². The van der Waals surface area contributed by atoms with Crippen LogP contribution in [-0.4, -0.2) is 55.0 Å². The fourth-order valence-corrected chi connectivity index (χ4v) is 2.59. The highest BCUT2D eigenvalue weighted by Gasteiger charge is 2.37. The van der Waals surface area contributed by atoms with E-state index in [0.29, 0.717) is 6.61 Å². The third-order valence-corrected chi connectivity index (χ3v) is 3.34. The maximum absolute atomic E-state index is 12.1. The Hall–Kier alpha value is -0.810. The summed E-state index contributed by atoms with van der Waals surface area (Å²) in [6.07, 6.45) is 1.87. The number of nitrogens with one attached hydrogen (secondary N) is 1. The van der Waals surface area contributed by atoms with Gasteiger partial charge in [-0.3, -0.25) is 0 Å². The first-order valence-corrected chi connectivity index (χ1v) is 6.78. The molecule has 2 aliphatic heterocycles. The van der Waals surface area contributed by atoms with E-state index in [2.05, 4.69) is 5.32 Å². The molecule has 0 aromatic heterocycles. The van der Waals surface area contributed by atoms with Gasteiger partial charge in [0.25, 0.3) is 0 Å². The Morgan fingerprint density at radius 3 is 2.83 bits per heavy atom. The lowest BCUT2D eigenvalue weighted by atomic mass is 10.1. The van der Waals surface area contributed by atoms with Crippen LogP contribution in [0.2, 0.25) is 0 Å². The minimum atomic E-state index is -0.430. The summed E-state index contributed by atoms with van der Waals surface area (Å²) in [4.78, 5) is 14.0. The summed E-state index contributed by atoms with van der Waals surface area (Å²) in [6.45, 7) is 8.80. The van der Waals surface area contributed by atoms with Crippen LogP contribution in [0.15, 0.2) is 0 Å². The highest BCUT2D eigenvalue weighted by molar-refractivity contribution is 5.69. The average molecular weight is 256 g/mol. The van der Waals surface area contributed by atoms with Crippen molar-refractivity contribution in [3.05, 3.63) is 0 Å². The molecule has 1 amide bonds. The zero-order valence-electron chi connectivity index (χ0n) is 11.6. The third-order valence-electron chi connectivity index (χ3n) is 3.34. The topological polar surface area (TPSA) is 50.8 Å². The minimum Gasteiger partial charge on any atom is -0.444 e. The number of morpholine rings is 1. The van der Waals surface area contributed by atoms with E-state index < -0.39 is 5.60 Å². The number of rotatable bonds is 1. The van der Waals surface area contributed by atoms with Gasteiger partial charge in [-0.25, -0.2) is 4.79 Å². The Balaban J connectivity index is 1.96. The number of likely N-dealkylation sites (tertiary alicyclic amines) is 1. The molecule has 2 saturated heterocycles. The van der Waals surface area contributed by atoms with E-state index >= 15 is 0 Å². The predicted octanol–water partition coefficient (Wildman–Crippen LogP) is 1.37. The van der Waals surface area contributed by atoms with Crippen LogP contribution in [0.4, 0.5) is 4.79 Å². The second-order valence-corrected chi connectivity index (χ2v) is 6.02. The molecule has 0 radical (unpaired) electrons. The highest BCUT2D eigenvalue weighted by Crippen LogP contribution is 2.24. The summed E-state index contributed by atoms with van der Waals surface area (Å²) >= 11 is 0. The van der Waals surface area contributed by atoms with Crippen LogP contribution in [0, 0.1) is 0 Å². The Labute approximate surface area is 109 Å². The molecule has 0 spiro atoms. The molecular weight excluding hydrogens is 232 g/mol. The molecule has 2 fully saturated rings. The second-order valence-electron chi connectivity index (χ2n) is 6.02. The van der Waals surface area contributed by atoms with Crippen LogP contribution in [0.1, 0.15) is 33.6 Å². The van der Waals surface area contributed by atoms with Crippen molar-refractivity contribution in [2.75, 3.05) is 26.3 Å². The molecule has 2 aliphatic rings. The van der Waals surface area contributed by atoms with E-state index in [1.54, 1.807) is 0 Å². The molecular formula is C13H24N2O3. The molecule has 0 aromatic rings. The van der Waals surface area contributed by atoms with Gasteiger partial charge in [0.05, 0.1) is 25.3 Å². The van der Waals surface area contributed by atoms with E-state index in [4.69, 9.17) is 9.47 Å². The molecule has 5 heteroatoms. The first kappa shape index (κ1) is 13.6. The molecule has 0 aromatic carbocycles. The smallest absolute Gasteiger partial charge is 0.410 e. The molecule has 0 bridgehead atoms. The molecule has 18 heavy (non-hydrogen) atoms. The lowest BCUT2D eigenvalue weighted by molar-refractivity contribution is 0.00707. The molecule has 104 valence electrons. The largest absolute Gasteiger partial charge is 0.444 e. The van der Waals surface area contributed by atoms with Gasteiger partial charge in [-0.15, -0.1) is 0 Å². The molecule has 0 aliphatic carbocycles. The summed E-state index contributed by atoms with van der Waals surface area (Å²) < 4.78 is 10.9. The maximum Gasteiger partial charge on any atom is 0.410 e. The highest BCUT2D eigenvalue weighted by atomic mass is 16.6. The van der Waals surface area contributed by atoms with Gasteiger partial charge in [0.2, 0.25) is 0 Å². The molecule has 2 unspecified atom stereocenters. The normalized spacial score (nSPS) is 29.4. The maximum atomic E-state index is 12.1. The zero-order valence-corrected chi connectivity index (χ0v) is 11.6. The Kier molecular flexibility index (Phi) is 4.12. The predicted molar refractivity (Wildman–Crippen MR) is 68.6 cm³/mol. The Bertz CT molecular complexity index is 295. The fourth-order valence-electron chi connectivity index (χ4n) is 2.59. The molecule has 1 N–H and O–H groups in total. The van der Waals surface area contributed by atoms with Crippen molar-refractivity contribution in [2.45, 2.75) is 51.3 Å². The van der Waals surface area contributed by atoms with Gasteiger partial charge in [-0.1, -0.05) is 0 Å². The number of amides is 1. The van der Waals surface area contributed by atoms with Crippen LogP contribution in [-0.2, 0) is 9.47 Å². The van der Waals surface area contributed by atoms with Crippen molar-refractivity contribution in [2.24, 2.45) is 0 Å². The molecule has 0 saturated carbocycles. The van der Waals surface area contributed by atoms with Crippen molar-refractivity contribution in [1.29, 1.82) is 0 Å². The number of carbonyl (C=O) groups is 1. The van der Waals surface area contributed by atoms with E-state index in [9.17, 15) is 4.79 Å². The van der Waals surface area contributed by atoms with Gasteiger partial charge >= 0.3 is 6.09 Å². The first-order chi connectivity index (χ1) is 8.47. The van der Waals surface area contributed by atoms with Gasteiger partial charge in [0.15, 0.2) is 0 Å². The lowest BCUT2D eigenvalue weighted by Crippen LogP contribution is -2.55. The van der Waals surface area contributed by atoms with E-state index in [-0.39, 0.29) is 18.2 Å². The van der Waals surface area contributed by atoms with E-state index in [0.717, 1.165) is 32.5 Å². The van der Waals surface area contributed by atoms with E-state index in [1.165, 1.54) is 0 Å². The Morgan fingerprint density at radius 1 is 1.44 bits per heavy atom. The molecule has 2 rings (SSSR count). The molecule has 2 atom stereocenters. The summed E-state index contributed by atoms with van der Waals surface area (Å²) in [5.74, 6) is 0. The van der Waals surface area contributed by atoms with Crippen molar-refractivity contribution in [1.82, 2.24) is 10.2 Å². The second kappa shape index (κ2) is 5.45. The molecule has 2 heterocycles. The molecule has 5 nitrogen and oxygen atoms in total. The monoisotopic (exact) mass is 256 g/mol. The van der Waals surface area contributed by atoms with E-state index in [1.807, 2.05) is 25.7 Å². The van der Waals surface area contributed by atoms with Gasteiger partial charge < -0.3 is 19.7 Å². The van der Waals surface area contributed by atoms with Crippen LogP contribution in [0.5, 0.6) is 0 Å². The summed E-state index contributed by atoms with van der Waals surface area (Å²) in [5, 5.41) is 3.43. The number of ether oxygens (including phenoxy) is 2. The summed E-state index contributed by atoms with van der Waals surface area (Å²) in [5.41, 5.74) is -0.430. The SMILES string of the molecule is CC(C)(C)OC(=O)N1CCCC1C1COCCN1. The quantitative estimate of drug-likeness (QED) is 0.770. The van der Waals surface area contributed by atoms with Crippen LogP contribution in [0.3, 0.4) is 0 Å². The van der Waals surface area contributed by atoms with Crippen molar-refractivity contribution >= 4 is 6.09 Å². The average Bonchev–Trinajstić information content (AvgIpc) is 2.76. The zero-order chi connectivity index (χ0) is 13.2. The number of hydrogen-bond donors (Lipinski definition) is 1. The van der Waals surface area contributed by atoms with Gasteiger partial charge in [0.1, 0.15) is 5.60 Å². The summed E-state index contributed by atoms with van der Waals surface area (Å²) in [6, 6.07) is 0.453.